The fraction of sp³-hybridized carbons (Fsp3) is 0.480. The van der Waals surface area contributed by atoms with Crippen LogP contribution in [0, 0.1) is 6.92 Å². The maximum atomic E-state index is 12.5. The molecule has 2 aromatic rings. The summed E-state index contributed by atoms with van der Waals surface area (Å²) < 4.78 is 6.02. The van der Waals surface area contributed by atoms with Gasteiger partial charge in [-0.15, -0.1) is 0 Å². The largest absolute Gasteiger partial charge is 0.481 e. The van der Waals surface area contributed by atoms with Crippen LogP contribution in [0.3, 0.4) is 0 Å². The Morgan fingerprint density at radius 2 is 1.97 bits per heavy atom. The molecule has 0 saturated heterocycles. The zero-order chi connectivity index (χ0) is 21.0. The van der Waals surface area contributed by atoms with Crippen LogP contribution in [0.5, 0.6) is 5.75 Å². The van der Waals surface area contributed by atoms with Gasteiger partial charge in [0.15, 0.2) is 6.10 Å². The SMILES string of the molecule is Cc1ccc(C(C)C)c(O[C@H](C)C(=O)NCCCN2c3ccccc3C[C@H]2C)c1. The fourth-order valence-corrected chi connectivity index (χ4v) is 4.04. The zero-order valence-electron chi connectivity index (χ0n) is 18.4. The molecule has 0 unspecified atom stereocenters. The predicted molar refractivity (Wildman–Crippen MR) is 120 cm³/mol. The standard InChI is InChI=1S/C25H34N2O2/c1-17(2)22-12-11-18(3)15-24(22)29-20(5)25(28)26-13-8-14-27-19(4)16-21-9-6-7-10-23(21)27/h6-7,9-12,15,17,19-20H,8,13-14,16H2,1-5H3,(H,26,28)/t19-,20-/m1/s1. The number of rotatable bonds is 8. The van der Waals surface area contributed by atoms with E-state index in [1.807, 2.05) is 19.9 Å². The molecule has 1 aliphatic heterocycles. The summed E-state index contributed by atoms with van der Waals surface area (Å²) in [4.78, 5) is 15.0. The Hall–Kier alpha value is -2.49. The summed E-state index contributed by atoms with van der Waals surface area (Å²) >= 11 is 0. The van der Waals surface area contributed by atoms with Crippen LogP contribution < -0.4 is 15.0 Å². The second-order valence-electron chi connectivity index (χ2n) is 8.48. The van der Waals surface area contributed by atoms with Crippen LogP contribution >= 0.6 is 0 Å². The molecule has 3 rings (SSSR count). The van der Waals surface area contributed by atoms with Gasteiger partial charge in [-0.1, -0.05) is 44.2 Å². The van der Waals surface area contributed by atoms with Crippen LogP contribution in [-0.2, 0) is 11.2 Å². The molecule has 2 atom stereocenters. The van der Waals surface area contributed by atoms with Crippen molar-refractivity contribution in [1.29, 1.82) is 0 Å². The molecule has 29 heavy (non-hydrogen) atoms. The van der Waals surface area contributed by atoms with E-state index in [1.54, 1.807) is 0 Å². The van der Waals surface area contributed by atoms with Crippen molar-refractivity contribution < 1.29 is 9.53 Å². The minimum atomic E-state index is -0.513. The number of nitrogens with one attached hydrogen (secondary N) is 1. The summed E-state index contributed by atoms with van der Waals surface area (Å²) in [7, 11) is 0. The van der Waals surface area contributed by atoms with Crippen molar-refractivity contribution in [2.24, 2.45) is 0 Å². The molecule has 0 radical (unpaired) electrons. The van der Waals surface area contributed by atoms with E-state index < -0.39 is 6.10 Å². The third kappa shape index (κ3) is 5.11. The van der Waals surface area contributed by atoms with Gasteiger partial charge in [-0.2, -0.15) is 0 Å². The van der Waals surface area contributed by atoms with Crippen molar-refractivity contribution in [1.82, 2.24) is 5.32 Å². The van der Waals surface area contributed by atoms with Gasteiger partial charge in [0.05, 0.1) is 0 Å². The summed E-state index contributed by atoms with van der Waals surface area (Å²) in [5, 5.41) is 3.04. The van der Waals surface area contributed by atoms with Gasteiger partial charge in [0.1, 0.15) is 5.75 Å². The van der Waals surface area contributed by atoms with Crippen LogP contribution in [0.15, 0.2) is 42.5 Å². The van der Waals surface area contributed by atoms with Gasteiger partial charge in [0.2, 0.25) is 0 Å². The van der Waals surface area contributed by atoms with Gasteiger partial charge in [-0.05, 0) is 68.4 Å². The molecule has 156 valence electrons. The third-order valence-electron chi connectivity index (χ3n) is 5.69. The second-order valence-corrected chi connectivity index (χ2v) is 8.48. The predicted octanol–water partition coefficient (Wildman–Crippen LogP) is 4.84. The van der Waals surface area contributed by atoms with Crippen molar-refractivity contribution in [3.8, 4) is 5.75 Å². The average Bonchev–Trinajstić information content (AvgIpc) is 3.00. The van der Waals surface area contributed by atoms with E-state index in [0.717, 1.165) is 36.3 Å². The van der Waals surface area contributed by atoms with Gasteiger partial charge in [0.25, 0.3) is 5.91 Å². The molecule has 0 saturated carbocycles. The molecule has 0 aliphatic carbocycles. The van der Waals surface area contributed by atoms with E-state index in [9.17, 15) is 4.79 Å². The van der Waals surface area contributed by atoms with Crippen molar-refractivity contribution in [2.75, 3.05) is 18.0 Å². The fourth-order valence-electron chi connectivity index (χ4n) is 4.04. The molecule has 4 heteroatoms. The first-order valence-electron chi connectivity index (χ1n) is 10.8. The van der Waals surface area contributed by atoms with E-state index in [2.05, 4.69) is 67.4 Å². The normalized spacial score (nSPS) is 16.6. The maximum Gasteiger partial charge on any atom is 0.260 e. The van der Waals surface area contributed by atoms with Crippen molar-refractivity contribution in [3.05, 3.63) is 59.2 Å². The summed E-state index contributed by atoms with van der Waals surface area (Å²) in [6, 6.07) is 15.3. The van der Waals surface area contributed by atoms with E-state index in [4.69, 9.17) is 4.74 Å². The lowest BCUT2D eigenvalue weighted by molar-refractivity contribution is -0.127. The summed E-state index contributed by atoms with van der Waals surface area (Å²) in [6.45, 7) is 12.0. The first-order valence-corrected chi connectivity index (χ1v) is 10.8. The second kappa shape index (κ2) is 9.34. The first kappa shape index (κ1) is 21.2. The van der Waals surface area contributed by atoms with Gasteiger partial charge in [-0.25, -0.2) is 0 Å². The molecule has 0 bridgehead atoms. The Balaban J connectivity index is 1.48. The molecule has 1 N–H and O–H groups in total. The number of hydrogen-bond acceptors (Lipinski definition) is 3. The Morgan fingerprint density at radius 1 is 1.21 bits per heavy atom. The van der Waals surface area contributed by atoms with Crippen LogP contribution in [0.2, 0.25) is 0 Å². The van der Waals surface area contributed by atoms with E-state index in [1.165, 1.54) is 11.3 Å². The Morgan fingerprint density at radius 3 is 2.72 bits per heavy atom. The minimum absolute atomic E-state index is 0.0592. The van der Waals surface area contributed by atoms with Gasteiger partial charge in [0, 0.05) is 24.8 Å². The number of amides is 1. The summed E-state index contributed by atoms with van der Waals surface area (Å²) in [5.74, 6) is 1.10. The number of hydrogen-bond donors (Lipinski definition) is 1. The molecule has 1 aliphatic rings. The number of carbonyl (C=O) groups excluding carboxylic acids is 1. The number of ether oxygens (including phenoxy) is 1. The average molecular weight is 395 g/mol. The molecular formula is C25H34N2O2. The summed E-state index contributed by atoms with van der Waals surface area (Å²) in [5.41, 5.74) is 5.03. The van der Waals surface area contributed by atoms with Crippen LogP contribution in [0.1, 0.15) is 56.7 Å². The molecule has 1 heterocycles. The van der Waals surface area contributed by atoms with E-state index >= 15 is 0 Å². The topological polar surface area (TPSA) is 41.6 Å². The maximum absolute atomic E-state index is 12.5. The van der Waals surface area contributed by atoms with Crippen LogP contribution in [-0.4, -0.2) is 31.1 Å². The molecule has 0 aromatic heterocycles. The minimum Gasteiger partial charge on any atom is -0.481 e. The molecule has 2 aromatic carbocycles. The Labute approximate surface area is 175 Å². The Kier molecular flexibility index (Phi) is 6.83. The monoisotopic (exact) mass is 394 g/mol. The molecular weight excluding hydrogens is 360 g/mol. The highest BCUT2D eigenvalue weighted by atomic mass is 16.5. The third-order valence-corrected chi connectivity index (χ3v) is 5.69. The number of anilines is 1. The lowest BCUT2D eigenvalue weighted by atomic mass is 10.0. The zero-order valence-corrected chi connectivity index (χ0v) is 18.4. The number of carbonyl (C=O) groups is 1. The van der Waals surface area contributed by atoms with Crippen molar-refractivity contribution in [2.45, 2.75) is 65.5 Å². The number of fused-ring (bicyclic) bond motifs is 1. The highest BCUT2D eigenvalue weighted by molar-refractivity contribution is 5.80. The van der Waals surface area contributed by atoms with E-state index in [0.29, 0.717) is 18.5 Å². The van der Waals surface area contributed by atoms with Gasteiger partial charge >= 0.3 is 0 Å². The smallest absolute Gasteiger partial charge is 0.260 e. The van der Waals surface area contributed by atoms with Crippen molar-refractivity contribution in [3.63, 3.8) is 0 Å². The Bertz CT molecular complexity index is 846. The molecule has 0 spiro atoms. The number of nitrogens with zero attached hydrogens (tertiary/aromatic N) is 1. The highest BCUT2D eigenvalue weighted by Gasteiger charge is 2.25. The lowest BCUT2D eigenvalue weighted by Crippen LogP contribution is -2.38. The molecule has 4 nitrogen and oxygen atoms in total. The summed E-state index contributed by atoms with van der Waals surface area (Å²) in [6.07, 6.45) is 1.50. The lowest BCUT2D eigenvalue weighted by Gasteiger charge is -2.25. The number of benzene rings is 2. The molecule has 1 amide bonds. The quantitative estimate of drug-likeness (QED) is 0.651. The van der Waals surface area contributed by atoms with E-state index in [-0.39, 0.29) is 5.91 Å². The van der Waals surface area contributed by atoms with Gasteiger partial charge in [-0.3, -0.25) is 4.79 Å². The van der Waals surface area contributed by atoms with Gasteiger partial charge < -0.3 is 15.0 Å². The highest BCUT2D eigenvalue weighted by Crippen LogP contribution is 2.31. The first-order chi connectivity index (χ1) is 13.9. The number of para-hydroxylation sites is 1. The molecule has 0 fully saturated rings. The van der Waals surface area contributed by atoms with Crippen LogP contribution in [0.4, 0.5) is 5.69 Å². The number of aryl methyl sites for hydroxylation is 1. The van der Waals surface area contributed by atoms with Crippen molar-refractivity contribution >= 4 is 11.6 Å². The van der Waals surface area contributed by atoms with Crippen LogP contribution in [0.25, 0.3) is 0 Å².